The molecule has 0 spiro atoms. The molecule has 1 aliphatic rings. The lowest BCUT2D eigenvalue weighted by molar-refractivity contribution is 0.0746. The summed E-state index contributed by atoms with van der Waals surface area (Å²) < 4.78 is 25.7. The summed E-state index contributed by atoms with van der Waals surface area (Å²) in [5, 5.41) is 8.91. The molecular formula is C26H24FN3O3. The summed E-state index contributed by atoms with van der Waals surface area (Å²) >= 11 is 0. The van der Waals surface area contributed by atoms with E-state index in [1.807, 2.05) is 41.3 Å². The fraction of sp³-hybridized carbons (Fsp3) is 0.231. The van der Waals surface area contributed by atoms with Gasteiger partial charge in [0.15, 0.2) is 11.5 Å². The van der Waals surface area contributed by atoms with Gasteiger partial charge in [-0.25, -0.2) is 4.39 Å². The molecule has 6 nitrogen and oxygen atoms in total. The first-order valence-corrected chi connectivity index (χ1v) is 10.7. The molecule has 4 rings (SSSR count). The maximum absolute atomic E-state index is 14.3. The maximum atomic E-state index is 14.3. The molecule has 168 valence electrons. The quantitative estimate of drug-likeness (QED) is 0.568. The lowest BCUT2D eigenvalue weighted by atomic mass is 10.1. The van der Waals surface area contributed by atoms with E-state index in [-0.39, 0.29) is 11.5 Å². The highest BCUT2D eigenvalue weighted by atomic mass is 19.1. The molecule has 1 saturated heterocycles. The number of piperazine rings is 1. The van der Waals surface area contributed by atoms with E-state index in [1.54, 1.807) is 42.3 Å². The first-order chi connectivity index (χ1) is 16.1. The summed E-state index contributed by atoms with van der Waals surface area (Å²) in [6.07, 6.45) is 0. The second kappa shape index (κ2) is 10.0. The minimum Gasteiger partial charge on any atom is -0.493 e. The molecule has 3 aromatic carbocycles. The average molecular weight is 445 g/mol. The van der Waals surface area contributed by atoms with Crippen molar-refractivity contribution in [1.82, 2.24) is 4.90 Å². The third kappa shape index (κ3) is 5.07. The molecule has 1 fully saturated rings. The van der Waals surface area contributed by atoms with Crippen LogP contribution in [0.25, 0.3) is 0 Å². The SMILES string of the molecule is COc1cc(C(=O)N2CCN(c3ccc(C#N)cc3F)CC2)ccc1OCc1ccccc1. The number of carbonyl (C=O) groups is 1. The molecule has 0 N–H and O–H groups in total. The van der Waals surface area contributed by atoms with Gasteiger partial charge in [0.25, 0.3) is 5.91 Å². The van der Waals surface area contributed by atoms with E-state index in [9.17, 15) is 9.18 Å². The lowest BCUT2D eigenvalue weighted by Gasteiger charge is -2.36. The smallest absolute Gasteiger partial charge is 0.254 e. The Bertz CT molecular complexity index is 1170. The van der Waals surface area contributed by atoms with Gasteiger partial charge in [0.2, 0.25) is 0 Å². The zero-order valence-corrected chi connectivity index (χ0v) is 18.3. The Morgan fingerprint density at radius 3 is 2.42 bits per heavy atom. The molecular weight excluding hydrogens is 421 g/mol. The zero-order valence-electron chi connectivity index (χ0n) is 18.3. The Morgan fingerprint density at radius 2 is 1.76 bits per heavy atom. The minimum atomic E-state index is -0.426. The van der Waals surface area contributed by atoms with Gasteiger partial charge in [-0.1, -0.05) is 30.3 Å². The molecule has 7 heteroatoms. The van der Waals surface area contributed by atoms with E-state index in [0.717, 1.165) is 5.56 Å². The lowest BCUT2D eigenvalue weighted by Crippen LogP contribution is -2.49. The Balaban J connectivity index is 1.39. The number of anilines is 1. The zero-order chi connectivity index (χ0) is 23.2. The van der Waals surface area contributed by atoms with Gasteiger partial charge in [0.05, 0.1) is 24.4 Å². The Hall–Kier alpha value is -4.05. The summed E-state index contributed by atoms with van der Waals surface area (Å²) in [7, 11) is 1.55. The van der Waals surface area contributed by atoms with Gasteiger partial charge in [-0.05, 0) is 42.0 Å². The highest BCUT2D eigenvalue weighted by molar-refractivity contribution is 5.95. The van der Waals surface area contributed by atoms with Gasteiger partial charge in [-0.2, -0.15) is 5.26 Å². The molecule has 1 heterocycles. The van der Waals surface area contributed by atoms with Crippen LogP contribution < -0.4 is 14.4 Å². The summed E-state index contributed by atoms with van der Waals surface area (Å²) in [5.41, 5.74) is 2.28. The van der Waals surface area contributed by atoms with Gasteiger partial charge in [-0.3, -0.25) is 4.79 Å². The molecule has 0 unspecified atom stereocenters. The number of carbonyl (C=O) groups excluding carboxylic acids is 1. The van der Waals surface area contributed by atoms with E-state index in [0.29, 0.717) is 55.5 Å². The number of methoxy groups -OCH3 is 1. The van der Waals surface area contributed by atoms with Crippen LogP contribution in [0.3, 0.4) is 0 Å². The number of nitrogens with zero attached hydrogens (tertiary/aromatic N) is 3. The van der Waals surface area contributed by atoms with Gasteiger partial charge in [0.1, 0.15) is 12.4 Å². The van der Waals surface area contributed by atoms with Gasteiger partial charge in [-0.15, -0.1) is 0 Å². The number of rotatable bonds is 6. The highest BCUT2D eigenvalue weighted by Crippen LogP contribution is 2.30. The molecule has 1 amide bonds. The van der Waals surface area contributed by atoms with Crippen LogP contribution >= 0.6 is 0 Å². The first kappa shape index (κ1) is 22.2. The molecule has 1 aliphatic heterocycles. The number of halogens is 1. The third-order valence-electron chi connectivity index (χ3n) is 5.63. The van der Waals surface area contributed by atoms with Crippen molar-refractivity contribution in [2.75, 3.05) is 38.2 Å². The predicted molar refractivity (Wildman–Crippen MR) is 123 cm³/mol. The van der Waals surface area contributed by atoms with Crippen molar-refractivity contribution in [1.29, 1.82) is 5.26 Å². The van der Waals surface area contributed by atoms with Crippen LogP contribution in [0.1, 0.15) is 21.5 Å². The molecule has 33 heavy (non-hydrogen) atoms. The maximum Gasteiger partial charge on any atom is 0.254 e. The molecule has 3 aromatic rings. The van der Waals surface area contributed by atoms with E-state index < -0.39 is 5.82 Å². The Kier molecular flexibility index (Phi) is 6.75. The highest BCUT2D eigenvalue weighted by Gasteiger charge is 2.24. The second-order valence-corrected chi connectivity index (χ2v) is 7.70. The second-order valence-electron chi connectivity index (χ2n) is 7.70. The number of nitriles is 1. The van der Waals surface area contributed by atoms with Crippen LogP contribution in [-0.4, -0.2) is 44.1 Å². The van der Waals surface area contributed by atoms with Crippen molar-refractivity contribution in [3.63, 3.8) is 0 Å². The fourth-order valence-corrected chi connectivity index (χ4v) is 3.82. The van der Waals surface area contributed by atoms with Crippen LogP contribution in [0.5, 0.6) is 11.5 Å². The van der Waals surface area contributed by atoms with Crippen LogP contribution in [0, 0.1) is 17.1 Å². The average Bonchev–Trinajstić information content (AvgIpc) is 2.87. The number of hydrogen-bond donors (Lipinski definition) is 0. The molecule has 0 saturated carbocycles. The minimum absolute atomic E-state index is 0.108. The summed E-state index contributed by atoms with van der Waals surface area (Å²) in [6.45, 7) is 2.34. The fourth-order valence-electron chi connectivity index (χ4n) is 3.82. The van der Waals surface area contributed by atoms with Crippen molar-refractivity contribution in [2.45, 2.75) is 6.61 Å². The first-order valence-electron chi connectivity index (χ1n) is 10.7. The summed E-state index contributed by atoms with van der Waals surface area (Å²) in [6, 6.07) is 21.4. The number of amides is 1. The molecule has 0 radical (unpaired) electrons. The van der Waals surface area contributed by atoms with Crippen LogP contribution in [0.2, 0.25) is 0 Å². The Morgan fingerprint density at radius 1 is 1.00 bits per heavy atom. The van der Waals surface area contributed by atoms with E-state index in [1.165, 1.54) is 6.07 Å². The predicted octanol–water partition coefficient (Wildman–Crippen LogP) is 4.25. The molecule has 0 bridgehead atoms. The largest absolute Gasteiger partial charge is 0.493 e. The van der Waals surface area contributed by atoms with Crippen molar-refractivity contribution >= 4 is 11.6 Å². The number of benzene rings is 3. The molecule has 0 aliphatic carbocycles. The van der Waals surface area contributed by atoms with Crippen LogP contribution in [-0.2, 0) is 6.61 Å². The van der Waals surface area contributed by atoms with Crippen LogP contribution in [0.4, 0.5) is 10.1 Å². The monoisotopic (exact) mass is 445 g/mol. The summed E-state index contributed by atoms with van der Waals surface area (Å²) in [5.74, 6) is 0.529. The van der Waals surface area contributed by atoms with E-state index in [4.69, 9.17) is 14.7 Å². The standard InChI is InChI=1S/C26H24FN3O3/c1-32-25-16-21(8-10-24(25)33-18-19-5-3-2-4-6-19)26(31)30-13-11-29(12-14-30)23-9-7-20(17-28)15-22(23)27/h2-10,15-16H,11-14,18H2,1H3. The molecule has 0 atom stereocenters. The normalized spacial score (nSPS) is 13.4. The Labute approximate surface area is 192 Å². The summed E-state index contributed by atoms with van der Waals surface area (Å²) in [4.78, 5) is 16.7. The topological polar surface area (TPSA) is 65.8 Å². The van der Waals surface area contributed by atoms with Gasteiger partial charge < -0.3 is 19.3 Å². The van der Waals surface area contributed by atoms with Gasteiger partial charge >= 0.3 is 0 Å². The third-order valence-corrected chi connectivity index (χ3v) is 5.63. The van der Waals surface area contributed by atoms with Crippen molar-refractivity contribution in [3.05, 3.63) is 89.2 Å². The van der Waals surface area contributed by atoms with Crippen LogP contribution in [0.15, 0.2) is 66.7 Å². The molecule has 0 aromatic heterocycles. The number of ether oxygens (including phenoxy) is 2. The van der Waals surface area contributed by atoms with E-state index >= 15 is 0 Å². The van der Waals surface area contributed by atoms with Crippen molar-refractivity contribution in [2.24, 2.45) is 0 Å². The van der Waals surface area contributed by atoms with Crippen molar-refractivity contribution < 1.29 is 18.7 Å². The van der Waals surface area contributed by atoms with Gasteiger partial charge in [0, 0.05) is 31.7 Å². The number of hydrogen-bond acceptors (Lipinski definition) is 5. The van der Waals surface area contributed by atoms with Crippen molar-refractivity contribution in [3.8, 4) is 17.6 Å². The van der Waals surface area contributed by atoms with E-state index in [2.05, 4.69) is 0 Å².